The molecule has 0 radical (unpaired) electrons. The van der Waals surface area contributed by atoms with Gasteiger partial charge in [0.15, 0.2) is 5.13 Å². The Bertz CT molecular complexity index is 982. The molecule has 1 saturated heterocycles. The second kappa shape index (κ2) is 7.93. The van der Waals surface area contributed by atoms with E-state index < -0.39 is 5.97 Å². The molecule has 28 heavy (non-hydrogen) atoms. The Hall–Kier alpha value is -3.00. The number of rotatable bonds is 5. The Balaban J connectivity index is 1.47. The molecule has 4 rings (SSSR count). The number of carboxylic acids is 1. The summed E-state index contributed by atoms with van der Waals surface area (Å²) < 4.78 is 0. The third-order valence-electron chi connectivity index (χ3n) is 4.81. The number of aryl methyl sites for hydroxylation is 1. The van der Waals surface area contributed by atoms with E-state index in [1.54, 1.807) is 17.5 Å². The molecule has 2 aromatic heterocycles. The SMILES string of the molecule is Cc1ccnc(Nc2cccc(-c3cnc(N4CCC(C(=O)O)CC4)s3)c2)n1. The molecule has 0 aliphatic carbocycles. The number of carbonyl (C=O) groups is 1. The van der Waals surface area contributed by atoms with Crippen molar-refractivity contribution in [2.24, 2.45) is 5.92 Å². The Morgan fingerprint density at radius 1 is 1.25 bits per heavy atom. The van der Waals surface area contributed by atoms with Gasteiger partial charge in [0.05, 0.1) is 10.8 Å². The topological polar surface area (TPSA) is 91.2 Å². The lowest BCUT2D eigenvalue weighted by Crippen LogP contribution is -2.36. The molecule has 0 bridgehead atoms. The van der Waals surface area contributed by atoms with E-state index in [0.717, 1.165) is 40.0 Å². The zero-order chi connectivity index (χ0) is 19.5. The second-order valence-corrected chi connectivity index (χ2v) is 7.84. The summed E-state index contributed by atoms with van der Waals surface area (Å²) in [6.07, 6.45) is 4.95. The van der Waals surface area contributed by atoms with Gasteiger partial charge in [-0.05, 0) is 43.5 Å². The summed E-state index contributed by atoms with van der Waals surface area (Å²) in [6.45, 7) is 3.40. The van der Waals surface area contributed by atoms with Gasteiger partial charge in [-0.2, -0.15) is 0 Å². The maximum Gasteiger partial charge on any atom is 0.306 e. The van der Waals surface area contributed by atoms with Crippen molar-refractivity contribution in [1.29, 1.82) is 0 Å². The molecule has 3 heterocycles. The quantitative estimate of drug-likeness (QED) is 0.676. The fourth-order valence-electron chi connectivity index (χ4n) is 3.25. The highest BCUT2D eigenvalue weighted by Gasteiger charge is 2.25. The summed E-state index contributed by atoms with van der Waals surface area (Å²) in [5.41, 5.74) is 2.90. The molecular weight excluding hydrogens is 374 g/mol. The average molecular weight is 395 g/mol. The Morgan fingerprint density at radius 3 is 2.82 bits per heavy atom. The Labute approximate surface area is 167 Å². The molecule has 0 amide bonds. The molecule has 1 aliphatic rings. The van der Waals surface area contributed by atoms with E-state index in [1.807, 2.05) is 31.3 Å². The molecule has 7 nitrogen and oxygen atoms in total. The van der Waals surface area contributed by atoms with Crippen LogP contribution < -0.4 is 10.2 Å². The van der Waals surface area contributed by atoms with Crippen LogP contribution in [-0.2, 0) is 4.79 Å². The molecule has 2 N–H and O–H groups in total. The molecule has 1 aliphatic heterocycles. The Morgan fingerprint density at radius 2 is 2.07 bits per heavy atom. The van der Waals surface area contributed by atoms with Crippen molar-refractivity contribution in [2.75, 3.05) is 23.3 Å². The largest absolute Gasteiger partial charge is 0.481 e. The number of anilines is 3. The standard InChI is InChI=1S/C20H21N5O2S/c1-13-5-8-21-19(23-13)24-16-4-2-3-15(11-16)17-12-22-20(28-17)25-9-6-14(7-10-25)18(26)27/h2-5,8,11-12,14H,6-7,9-10H2,1H3,(H,26,27)(H,21,23,24). The molecule has 0 spiro atoms. The molecule has 8 heteroatoms. The first-order valence-electron chi connectivity index (χ1n) is 9.19. The van der Waals surface area contributed by atoms with Crippen LogP contribution in [-0.4, -0.2) is 39.1 Å². The molecule has 144 valence electrons. The van der Waals surface area contributed by atoms with Crippen molar-refractivity contribution in [2.45, 2.75) is 19.8 Å². The number of hydrogen-bond donors (Lipinski definition) is 2. The van der Waals surface area contributed by atoms with Gasteiger partial charge in [0.2, 0.25) is 5.95 Å². The van der Waals surface area contributed by atoms with Crippen LogP contribution in [0.1, 0.15) is 18.5 Å². The van der Waals surface area contributed by atoms with Crippen molar-refractivity contribution < 1.29 is 9.90 Å². The van der Waals surface area contributed by atoms with E-state index in [1.165, 1.54) is 0 Å². The number of aliphatic carboxylic acids is 1. The molecule has 0 saturated carbocycles. The third-order valence-corrected chi connectivity index (χ3v) is 5.91. The molecule has 1 aromatic carbocycles. The maximum atomic E-state index is 11.1. The minimum atomic E-state index is -0.693. The number of nitrogens with zero attached hydrogens (tertiary/aromatic N) is 4. The van der Waals surface area contributed by atoms with Crippen LogP contribution in [0.5, 0.6) is 0 Å². The number of nitrogens with one attached hydrogen (secondary N) is 1. The number of hydrogen-bond acceptors (Lipinski definition) is 7. The van der Waals surface area contributed by atoms with Crippen LogP contribution >= 0.6 is 11.3 Å². The average Bonchev–Trinajstić information content (AvgIpc) is 3.19. The zero-order valence-electron chi connectivity index (χ0n) is 15.5. The minimum absolute atomic E-state index is 0.234. The number of thiazole rings is 1. The summed E-state index contributed by atoms with van der Waals surface area (Å²) in [5.74, 6) is -0.355. The van der Waals surface area contributed by atoms with Gasteiger partial charge in [-0.15, -0.1) is 0 Å². The van der Waals surface area contributed by atoms with Crippen molar-refractivity contribution in [3.63, 3.8) is 0 Å². The molecule has 0 atom stereocenters. The number of aromatic nitrogens is 3. The van der Waals surface area contributed by atoms with E-state index in [2.05, 4.69) is 37.3 Å². The van der Waals surface area contributed by atoms with Crippen molar-refractivity contribution in [3.8, 4) is 10.4 Å². The van der Waals surface area contributed by atoms with Crippen LogP contribution in [0.4, 0.5) is 16.8 Å². The number of benzene rings is 1. The van der Waals surface area contributed by atoms with Gasteiger partial charge in [-0.25, -0.2) is 15.0 Å². The number of piperidine rings is 1. The van der Waals surface area contributed by atoms with Gasteiger partial charge in [0.1, 0.15) is 0 Å². The number of carboxylic acid groups (broad SMARTS) is 1. The van der Waals surface area contributed by atoms with Crippen molar-refractivity contribution >= 4 is 34.1 Å². The van der Waals surface area contributed by atoms with Crippen LogP contribution in [0.3, 0.4) is 0 Å². The van der Waals surface area contributed by atoms with E-state index in [9.17, 15) is 4.79 Å². The van der Waals surface area contributed by atoms with Crippen LogP contribution in [0.2, 0.25) is 0 Å². The summed E-state index contributed by atoms with van der Waals surface area (Å²) in [4.78, 5) is 27.6. The minimum Gasteiger partial charge on any atom is -0.481 e. The fraction of sp³-hybridized carbons (Fsp3) is 0.300. The zero-order valence-corrected chi connectivity index (χ0v) is 16.3. The van der Waals surface area contributed by atoms with E-state index in [4.69, 9.17) is 5.11 Å². The molecular formula is C20H21N5O2S. The highest BCUT2D eigenvalue weighted by molar-refractivity contribution is 7.18. The van der Waals surface area contributed by atoms with Crippen LogP contribution in [0, 0.1) is 12.8 Å². The maximum absolute atomic E-state index is 11.1. The lowest BCUT2D eigenvalue weighted by molar-refractivity contribution is -0.142. The summed E-state index contributed by atoms with van der Waals surface area (Å²) >= 11 is 1.63. The first-order chi connectivity index (χ1) is 13.6. The van der Waals surface area contributed by atoms with Gasteiger partial charge in [0.25, 0.3) is 0 Å². The fourth-order valence-corrected chi connectivity index (χ4v) is 4.21. The molecule has 1 fully saturated rings. The van der Waals surface area contributed by atoms with E-state index in [-0.39, 0.29) is 5.92 Å². The first kappa shape index (κ1) is 18.4. The summed E-state index contributed by atoms with van der Waals surface area (Å²) in [5, 5.41) is 13.3. The van der Waals surface area contributed by atoms with Gasteiger partial charge in [-0.1, -0.05) is 23.5 Å². The van der Waals surface area contributed by atoms with Gasteiger partial charge in [0, 0.05) is 36.9 Å². The third kappa shape index (κ3) is 4.12. The van der Waals surface area contributed by atoms with Crippen molar-refractivity contribution in [1.82, 2.24) is 15.0 Å². The highest BCUT2D eigenvalue weighted by Crippen LogP contribution is 2.34. The van der Waals surface area contributed by atoms with Gasteiger partial charge < -0.3 is 15.3 Å². The molecule has 3 aromatic rings. The Kier molecular flexibility index (Phi) is 5.21. The van der Waals surface area contributed by atoms with Crippen LogP contribution in [0.25, 0.3) is 10.4 Å². The summed E-state index contributed by atoms with van der Waals surface area (Å²) in [7, 11) is 0. The van der Waals surface area contributed by atoms with Crippen molar-refractivity contribution in [3.05, 3.63) is 48.4 Å². The lowest BCUT2D eigenvalue weighted by atomic mass is 9.98. The first-order valence-corrected chi connectivity index (χ1v) is 10.0. The predicted molar refractivity (Wildman–Crippen MR) is 110 cm³/mol. The summed E-state index contributed by atoms with van der Waals surface area (Å²) in [6, 6.07) is 9.94. The normalized spacial score (nSPS) is 14.8. The predicted octanol–water partition coefficient (Wildman–Crippen LogP) is 3.95. The van der Waals surface area contributed by atoms with E-state index >= 15 is 0 Å². The van der Waals surface area contributed by atoms with E-state index in [0.29, 0.717) is 18.8 Å². The molecule has 0 unspecified atom stereocenters. The smallest absolute Gasteiger partial charge is 0.306 e. The monoisotopic (exact) mass is 395 g/mol. The van der Waals surface area contributed by atoms with Gasteiger partial charge in [-0.3, -0.25) is 4.79 Å². The van der Waals surface area contributed by atoms with Crippen LogP contribution in [0.15, 0.2) is 42.7 Å². The lowest BCUT2D eigenvalue weighted by Gasteiger charge is -2.29. The second-order valence-electron chi connectivity index (χ2n) is 6.83. The van der Waals surface area contributed by atoms with Gasteiger partial charge >= 0.3 is 5.97 Å². The highest BCUT2D eigenvalue weighted by atomic mass is 32.1.